The molecule has 116 valence electrons. The van der Waals surface area contributed by atoms with Crippen molar-refractivity contribution in [2.75, 3.05) is 24.2 Å². The molecule has 0 atom stereocenters. The molecule has 1 heterocycles. The Balaban J connectivity index is 1.86. The van der Waals surface area contributed by atoms with Crippen LogP contribution in [0.4, 0.5) is 14.9 Å². The number of urea groups is 1. The standard InChI is InChI=1S/C13H18FN3O3S/c14-11-2-1-3-12(8-11)16-13(18)17-6-4-10(5-7-17)9-21(15,19)20/h1-3,8,10H,4-7,9H2,(H,16,18)(H2,15,19,20). The number of nitrogens with zero attached hydrogens (tertiary/aromatic N) is 1. The first-order valence-corrected chi connectivity index (χ1v) is 8.37. The topological polar surface area (TPSA) is 92.5 Å². The second-order valence-electron chi connectivity index (χ2n) is 5.20. The molecule has 6 nitrogen and oxygen atoms in total. The molecule has 0 aliphatic carbocycles. The molecule has 1 fully saturated rings. The Bertz CT molecular complexity index is 613. The predicted octanol–water partition coefficient (Wildman–Crippen LogP) is 1.36. The van der Waals surface area contributed by atoms with Crippen LogP contribution in [0.2, 0.25) is 0 Å². The Kier molecular flexibility index (Phi) is 4.79. The van der Waals surface area contributed by atoms with Gasteiger partial charge in [-0.05, 0) is 37.0 Å². The van der Waals surface area contributed by atoms with Crippen LogP contribution in [-0.4, -0.2) is 38.2 Å². The number of carbonyl (C=O) groups is 1. The Morgan fingerprint density at radius 2 is 2.05 bits per heavy atom. The normalized spacial score (nSPS) is 16.8. The lowest BCUT2D eigenvalue weighted by molar-refractivity contribution is 0.187. The number of anilines is 1. The number of sulfonamides is 1. The van der Waals surface area contributed by atoms with Crippen molar-refractivity contribution in [2.24, 2.45) is 11.1 Å². The number of likely N-dealkylation sites (tertiary alicyclic amines) is 1. The first kappa shape index (κ1) is 15.7. The zero-order valence-corrected chi connectivity index (χ0v) is 12.3. The number of benzene rings is 1. The zero-order chi connectivity index (χ0) is 15.5. The monoisotopic (exact) mass is 315 g/mol. The summed E-state index contributed by atoms with van der Waals surface area (Å²) in [7, 11) is -3.48. The maximum absolute atomic E-state index is 13.0. The van der Waals surface area contributed by atoms with Crippen molar-refractivity contribution in [1.29, 1.82) is 0 Å². The van der Waals surface area contributed by atoms with Gasteiger partial charge in [-0.3, -0.25) is 0 Å². The average Bonchev–Trinajstić information content (AvgIpc) is 2.37. The average molecular weight is 315 g/mol. The largest absolute Gasteiger partial charge is 0.325 e. The van der Waals surface area contributed by atoms with E-state index in [-0.39, 0.29) is 17.7 Å². The predicted molar refractivity (Wildman–Crippen MR) is 77.7 cm³/mol. The fourth-order valence-corrected chi connectivity index (χ4v) is 3.39. The van der Waals surface area contributed by atoms with Gasteiger partial charge in [0.25, 0.3) is 0 Å². The third kappa shape index (κ3) is 4.98. The molecule has 0 saturated carbocycles. The minimum atomic E-state index is -3.48. The smallest absolute Gasteiger partial charge is 0.321 e. The third-order valence-corrected chi connectivity index (χ3v) is 4.38. The molecule has 0 unspecified atom stereocenters. The molecule has 8 heteroatoms. The Labute approximate surface area is 123 Å². The van der Waals surface area contributed by atoms with E-state index < -0.39 is 15.8 Å². The number of nitrogens with two attached hydrogens (primary N) is 1. The van der Waals surface area contributed by atoms with Crippen molar-refractivity contribution in [3.63, 3.8) is 0 Å². The van der Waals surface area contributed by atoms with Crippen LogP contribution in [0.1, 0.15) is 12.8 Å². The molecular formula is C13H18FN3O3S. The van der Waals surface area contributed by atoms with Gasteiger partial charge >= 0.3 is 6.03 Å². The van der Waals surface area contributed by atoms with E-state index in [2.05, 4.69) is 5.32 Å². The van der Waals surface area contributed by atoms with E-state index in [0.717, 1.165) is 0 Å². The highest BCUT2D eigenvalue weighted by Crippen LogP contribution is 2.19. The van der Waals surface area contributed by atoms with Crippen LogP contribution in [0.5, 0.6) is 0 Å². The van der Waals surface area contributed by atoms with E-state index in [0.29, 0.717) is 31.6 Å². The van der Waals surface area contributed by atoms with E-state index in [4.69, 9.17) is 5.14 Å². The zero-order valence-electron chi connectivity index (χ0n) is 11.5. The SMILES string of the molecule is NS(=O)(=O)CC1CCN(C(=O)Nc2cccc(F)c2)CC1. The summed E-state index contributed by atoms with van der Waals surface area (Å²) in [5, 5.41) is 7.64. The summed E-state index contributed by atoms with van der Waals surface area (Å²) in [6.07, 6.45) is 1.18. The van der Waals surface area contributed by atoms with Gasteiger partial charge in [0.1, 0.15) is 5.82 Å². The number of amides is 2. The fourth-order valence-electron chi connectivity index (χ4n) is 2.40. The van der Waals surface area contributed by atoms with Gasteiger partial charge in [-0.15, -0.1) is 0 Å². The molecule has 0 aromatic heterocycles. The highest BCUT2D eigenvalue weighted by molar-refractivity contribution is 7.89. The Morgan fingerprint density at radius 1 is 1.38 bits per heavy atom. The van der Waals surface area contributed by atoms with Crippen LogP contribution >= 0.6 is 0 Å². The van der Waals surface area contributed by atoms with Crippen LogP contribution in [0.3, 0.4) is 0 Å². The molecule has 2 rings (SSSR count). The molecule has 0 radical (unpaired) electrons. The molecule has 1 aliphatic rings. The van der Waals surface area contributed by atoms with E-state index >= 15 is 0 Å². The van der Waals surface area contributed by atoms with E-state index in [1.165, 1.54) is 18.2 Å². The summed E-state index contributed by atoms with van der Waals surface area (Å²) >= 11 is 0. The molecular weight excluding hydrogens is 297 g/mol. The minimum absolute atomic E-state index is 0.0155. The van der Waals surface area contributed by atoms with Crippen LogP contribution in [0.25, 0.3) is 0 Å². The van der Waals surface area contributed by atoms with E-state index in [1.807, 2.05) is 0 Å². The molecule has 0 bridgehead atoms. The summed E-state index contributed by atoms with van der Waals surface area (Å²) in [5.74, 6) is -0.482. The molecule has 0 spiro atoms. The molecule has 2 amide bonds. The van der Waals surface area contributed by atoms with Gasteiger partial charge in [-0.25, -0.2) is 22.7 Å². The highest BCUT2D eigenvalue weighted by Gasteiger charge is 2.25. The fraction of sp³-hybridized carbons (Fsp3) is 0.462. The molecule has 3 N–H and O–H groups in total. The van der Waals surface area contributed by atoms with Gasteiger partial charge in [0.15, 0.2) is 0 Å². The first-order chi connectivity index (χ1) is 9.83. The van der Waals surface area contributed by atoms with Gasteiger partial charge in [0.05, 0.1) is 5.75 Å². The van der Waals surface area contributed by atoms with Crippen LogP contribution in [0.15, 0.2) is 24.3 Å². The third-order valence-electron chi connectivity index (χ3n) is 3.45. The number of nitrogens with one attached hydrogen (secondary N) is 1. The van der Waals surface area contributed by atoms with Crippen molar-refractivity contribution in [3.05, 3.63) is 30.1 Å². The summed E-state index contributed by atoms with van der Waals surface area (Å²) in [4.78, 5) is 13.6. The molecule has 1 aromatic rings. The summed E-state index contributed by atoms with van der Waals surface area (Å²) in [6.45, 7) is 0.919. The van der Waals surface area contributed by atoms with Gasteiger partial charge in [0, 0.05) is 18.8 Å². The number of rotatable bonds is 3. The summed E-state index contributed by atoms with van der Waals surface area (Å²) < 4.78 is 35.1. The second-order valence-corrected chi connectivity index (χ2v) is 6.86. The lowest BCUT2D eigenvalue weighted by atomic mass is 9.99. The first-order valence-electron chi connectivity index (χ1n) is 6.65. The van der Waals surface area contributed by atoms with Crippen LogP contribution in [-0.2, 0) is 10.0 Å². The number of carbonyl (C=O) groups excluding carboxylic acids is 1. The highest BCUT2D eigenvalue weighted by atomic mass is 32.2. The lowest BCUT2D eigenvalue weighted by Gasteiger charge is -2.31. The summed E-state index contributed by atoms with van der Waals surface area (Å²) in [5.41, 5.74) is 0.395. The Morgan fingerprint density at radius 3 is 2.62 bits per heavy atom. The number of hydrogen-bond donors (Lipinski definition) is 2. The second kappa shape index (κ2) is 6.40. The Hall–Kier alpha value is -1.67. The lowest BCUT2D eigenvalue weighted by Crippen LogP contribution is -2.42. The van der Waals surface area contributed by atoms with Gasteiger partial charge in [-0.2, -0.15) is 0 Å². The number of hydrogen-bond acceptors (Lipinski definition) is 3. The van der Waals surface area contributed by atoms with Gasteiger partial charge in [-0.1, -0.05) is 6.07 Å². The molecule has 1 saturated heterocycles. The number of piperidine rings is 1. The molecule has 1 aliphatic heterocycles. The minimum Gasteiger partial charge on any atom is -0.325 e. The van der Waals surface area contributed by atoms with Crippen LogP contribution < -0.4 is 10.5 Å². The maximum Gasteiger partial charge on any atom is 0.321 e. The molecule has 1 aromatic carbocycles. The summed E-state index contributed by atoms with van der Waals surface area (Å²) in [6, 6.07) is 5.35. The van der Waals surface area contributed by atoms with E-state index in [1.54, 1.807) is 11.0 Å². The van der Waals surface area contributed by atoms with E-state index in [9.17, 15) is 17.6 Å². The quantitative estimate of drug-likeness (QED) is 0.882. The van der Waals surface area contributed by atoms with Crippen molar-refractivity contribution < 1.29 is 17.6 Å². The number of halogens is 1. The van der Waals surface area contributed by atoms with Gasteiger partial charge < -0.3 is 10.2 Å². The van der Waals surface area contributed by atoms with Crippen LogP contribution in [0, 0.1) is 11.7 Å². The van der Waals surface area contributed by atoms with Gasteiger partial charge in [0.2, 0.25) is 10.0 Å². The van der Waals surface area contributed by atoms with Crippen molar-refractivity contribution in [1.82, 2.24) is 4.90 Å². The van der Waals surface area contributed by atoms with Crippen molar-refractivity contribution in [3.8, 4) is 0 Å². The number of primary sulfonamides is 1. The molecule has 21 heavy (non-hydrogen) atoms. The van der Waals surface area contributed by atoms with Crippen molar-refractivity contribution >= 4 is 21.7 Å². The maximum atomic E-state index is 13.0. The van der Waals surface area contributed by atoms with Crippen molar-refractivity contribution in [2.45, 2.75) is 12.8 Å².